The van der Waals surface area contributed by atoms with E-state index in [1.165, 1.54) is 30.0 Å². The highest BCUT2D eigenvalue weighted by molar-refractivity contribution is 6.36. The highest BCUT2D eigenvalue weighted by Gasteiger charge is 2.65. The number of carbonyl (C=O) groups excluding carboxylic acids is 4. The lowest BCUT2D eigenvalue weighted by molar-refractivity contribution is -0.124. The molecule has 8 nitrogen and oxygen atoms in total. The first-order valence-corrected chi connectivity index (χ1v) is 12.8. The first-order chi connectivity index (χ1) is 18.6. The Morgan fingerprint density at radius 2 is 1.54 bits per heavy atom. The molecule has 0 bridgehead atoms. The molecule has 4 amide bonds. The van der Waals surface area contributed by atoms with Crippen LogP contribution in [-0.2, 0) is 4.79 Å². The topological polar surface area (TPSA) is 102 Å². The van der Waals surface area contributed by atoms with E-state index in [0.29, 0.717) is 22.3 Å². The molecular formula is C29H22Cl2N4O4. The summed E-state index contributed by atoms with van der Waals surface area (Å²) >= 11 is 12.4. The Hall–Kier alpha value is -4.19. The van der Waals surface area contributed by atoms with Gasteiger partial charge in [0.2, 0.25) is 0 Å². The summed E-state index contributed by atoms with van der Waals surface area (Å²) in [5.41, 5.74) is 0.793. The van der Waals surface area contributed by atoms with Crippen LogP contribution in [0.25, 0.3) is 0 Å². The number of urea groups is 1. The predicted octanol–water partition coefficient (Wildman–Crippen LogP) is 5.14. The van der Waals surface area contributed by atoms with Gasteiger partial charge in [-0.1, -0.05) is 47.5 Å². The van der Waals surface area contributed by atoms with Crippen molar-refractivity contribution in [3.63, 3.8) is 0 Å². The number of anilines is 1. The smallest absolute Gasteiger partial charge is 0.332 e. The fraction of sp³-hybridized carbons (Fsp3) is 0.207. The van der Waals surface area contributed by atoms with Crippen LogP contribution in [0.1, 0.15) is 44.7 Å². The largest absolute Gasteiger partial charge is 0.335 e. The van der Waals surface area contributed by atoms with Crippen molar-refractivity contribution in [2.24, 2.45) is 0 Å². The van der Waals surface area contributed by atoms with Crippen molar-refractivity contribution in [2.75, 3.05) is 25.0 Å². The Kier molecular flexibility index (Phi) is 6.67. The summed E-state index contributed by atoms with van der Waals surface area (Å²) < 4.78 is 0. The van der Waals surface area contributed by atoms with E-state index in [9.17, 15) is 24.4 Å². The molecule has 2 aliphatic rings. The highest BCUT2D eigenvalue weighted by atomic mass is 35.5. The summed E-state index contributed by atoms with van der Waals surface area (Å²) in [6, 6.07) is 19.1. The van der Waals surface area contributed by atoms with Crippen LogP contribution in [0, 0.1) is 11.3 Å². The maximum atomic E-state index is 14.3. The first kappa shape index (κ1) is 26.4. The van der Waals surface area contributed by atoms with Crippen molar-refractivity contribution in [1.82, 2.24) is 9.80 Å². The molecule has 2 aliphatic heterocycles. The van der Waals surface area contributed by atoms with E-state index >= 15 is 0 Å². The Balaban J connectivity index is 1.59. The standard InChI is InChI=1S/C29H22Cl2N4O4/c1-17(36)19-7-9-21(10-8-19)26(37)34-15-25(20-5-3-18(14-32)4-6-20)29(16-34)27(38)35(28(39)33(29)2)24-12-22(30)11-23(31)13-24/h3-13,25H,15-16H2,1-2H3/t25-,29+/m0/s1. The van der Waals surface area contributed by atoms with Crippen molar-refractivity contribution in [3.05, 3.63) is 99.0 Å². The van der Waals surface area contributed by atoms with E-state index < -0.39 is 23.4 Å². The number of nitrogens with zero attached hydrogens (tertiary/aromatic N) is 4. The van der Waals surface area contributed by atoms with Crippen molar-refractivity contribution in [2.45, 2.75) is 18.4 Å². The number of likely N-dealkylation sites (tertiary alicyclic amines) is 1. The van der Waals surface area contributed by atoms with Gasteiger partial charge in [-0.15, -0.1) is 0 Å². The van der Waals surface area contributed by atoms with Crippen LogP contribution >= 0.6 is 23.2 Å². The number of benzene rings is 3. The second-order valence-electron chi connectivity index (χ2n) is 9.64. The molecule has 196 valence electrons. The summed E-state index contributed by atoms with van der Waals surface area (Å²) in [5.74, 6) is -1.55. The minimum Gasteiger partial charge on any atom is -0.335 e. The molecule has 2 atom stereocenters. The number of amides is 4. The van der Waals surface area contributed by atoms with E-state index in [-0.39, 0.29) is 40.5 Å². The summed E-state index contributed by atoms with van der Waals surface area (Å²) in [5, 5.41) is 9.79. The van der Waals surface area contributed by atoms with Gasteiger partial charge in [-0.05, 0) is 55.0 Å². The molecule has 39 heavy (non-hydrogen) atoms. The van der Waals surface area contributed by atoms with Gasteiger partial charge in [0, 0.05) is 40.7 Å². The monoisotopic (exact) mass is 560 g/mol. The first-order valence-electron chi connectivity index (χ1n) is 12.1. The van der Waals surface area contributed by atoms with Crippen LogP contribution in [0.4, 0.5) is 10.5 Å². The third-order valence-corrected chi connectivity index (χ3v) is 7.87. The maximum absolute atomic E-state index is 14.3. The Morgan fingerprint density at radius 3 is 2.10 bits per heavy atom. The molecule has 2 heterocycles. The second kappa shape index (κ2) is 9.84. The van der Waals surface area contributed by atoms with Crippen LogP contribution in [-0.4, -0.2) is 59.1 Å². The van der Waals surface area contributed by atoms with E-state index in [4.69, 9.17) is 23.2 Å². The summed E-state index contributed by atoms with van der Waals surface area (Å²) in [6.07, 6.45) is 0. The highest BCUT2D eigenvalue weighted by Crippen LogP contribution is 2.47. The van der Waals surface area contributed by atoms with Gasteiger partial charge in [-0.3, -0.25) is 14.4 Å². The minimum atomic E-state index is -1.42. The molecule has 0 aromatic heterocycles. The van der Waals surface area contributed by atoms with Crippen LogP contribution in [0.3, 0.4) is 0 Å². The number of Topliss-reactive ketones (excluding diaryl/α,β-unsaturated/α-hetero) is 1. The Labute approximate surface area is 234 Å². The van der Waals surface area contributed by atoms with Gasteiger partial charge < -0.3 is 9.80 Å². The summed E-state index contributed by atoms with van der Waals surface area (Å²) in [4.78, 5) is 57.1. The van der Waals surface area contributed by atoms with Gasteiger partial charge in [0.1, 0.15) is 5.54 Å². The second-order valence-corrected chi connectivity index (χ2v) is 10.5. The molecule has 2 fully saturated rings. The fourth-order valence-corrected chi connectivity index (χ4v) is 5.90. The lowest BCUT2D eigenvalue weighted by atomic mass is 9.80. The molecular weight excluding hydrogens is 539 g/mol. The van der Waals surface area contributed by atoms with Crippen LogP contribution in [0.2, 0.25) is 10.0 Å². The molecule has 0 saturated carbocycles. The van der Waals surface area contributed by atoms with Gasteiger partial charge in [-0.25, -0.2) is 9.69 Å². The number of rotatable bonds is 4. The van der Waals surface area contributed by atoms with Crippen molar-refractivity contribution in [1.29, 1.82) is 5.26 Å². The van der Waals surface area contributed by atoms with Crippen LogP contribution < -0.4 is 4.90 Å². The van der Waals surface area contributed by atoms with Gasteiger partial charge in [-0.2, -0.15) is 5.26 Å². The lowest BCUT2D eigenvalue weighted by Gasteiger charge is -2.33. The average molecular weight is 561 g/mol. The van der Waals surface area contributed by atoms with Crippen molar-refractivity contribution in [3.8, 4) is 6.07 Å². The Bertz CT molecular complexity index is 1550. The zero-order valence-corrected chi connectivity index (χ0v) is 22.5. The van der Waals surface area contributed by atoms with E-state index in [2.05, 4.69) is 6.07 Å². The average Bonchev–Trinajstić information content (AvgIpc) is 3.41. The number of ketones is 1. The lowest BCUT2D eigenvalue weighted by Crippen LogP contribution is -2.54. The minimum absolute atomic E-state index is 0.0587. The third-order valence-electron chi connectivity index (χ3n) is 7.43. The number of halogens is 2. The van der Waals surface area contributed by atoms with Crippen molar-refractivity contribution < 1.29 is 19.2 Å². The number of nitriles is 1. The van der Waals surface area contributed by atoms with E-state index in [1.807, 2.05) is 0 Å². The number of hydrogen-bond donors (Lipinski definition) is 0. The summed E-state index contributed by atoms with van der Waals surface area (Å²) in [7, 11) is 1.54. The molecule has 2 saturated heterocycles. The fourth-order valence-electron chi connectivity index (χ4n) is 5.39. The van der Waals surface area contributed by atoms with Gasteiger partial charge in [0.25, 0.3) is 11.8 Å². The molecule has 5 rings (SSSR count). The van der Waals surface area contributed by atoms with E-state index in [0.717, 1.165) is 4.90 Å². The van der Waals surface area contributed by atoms with Gasteiger partial charge >= 0.3 is 6.03 Å². The maximum Gasteiger partial charge on any atom is 0.332 e. The van der Waals surface area contributed by atoms with Crippen LogP contribution in [0.15, 0.2) is 66.7 Å². The van der Waals surface area contributed by atoms with Crippen LogP contribution in [0.5, 0.6) is 0 Å². The quantitative estimate of drug-likeness (QED) is 0.324. The zero-order valence-electron chi connectivity index (χ0n) is 21.0. The number of imide groups is 1. The normalized spacial score (nSPS) is 20.6. The number of hydrogen-bond acceptors (Lipinski definition) is 5. The number of likely N-dealkylation sites (N-methyl/N-ethyl adjacent to an activating group) is 1. The Morgan fingerprint density at radius 1 is 0.949 bits per heavy atom. The summed E-state index contributed by atoms with van der Waals surface area (Å²) in [6.45, 7) is 1.53. The molecule has 1 spiro atoms. The number of carbonyl (C=O) groups is 4. The molecule has 0 N–H and O–H groups in total. The van der Waals surface area contributed by atoms with Gasteiger partial charge in [0.05, 0.1) is 23.9 Å². The SMILES string of the molecule is CC(=O)c1ccc(C(=O)N2C[C@@H](c3ccc(C#N)cc3)[C@]3(C2)C(=O)N(c2cc(Cl)cc(Cl)c2)C(=O)N3C)cc1. The zero-order chi connectivity index (χ0) is 28.1. The molecule has 3 aromatic carbocycles. The molecule has 10 heteroatoms. The van der Waals surface area contributed by atoms with Gasteiger partial charge in [0.15, 0.2) is 5.78 Å². The molecule has 0 unspecified atom stereocenters. The predicted molar refractivity (Wildman–Crippen MR) is 146 cm³/mol. The van der Waals surface area contributed by atoms with E-state index in [1.54, 1.807) is 60.5 Å². The molecule has 0 aliphatic carbocycles. The molecule has 0 radical (unpaired) electrons. The molecule has 3 aromatic rings. The third kappa shape index (κ3) is 4.34. The van der Waals surface area contributed by atoms with Crippen molar-refractivity contribution >= 4 is 52.5 Å².